The smallest absolute Gasteiger partial charge is 0.312 e. The molecule has 1 saturated heterocycles. The van der Waals surface area contributed by atoms with Crippen LogP contribution < -0.4 is 0 Å². The van der Waals surface area contributed by atoms with Gasteiger partial charge in [-0.05, 0) is 91.8 Å². The number of carbonyl (C=O) groups is 1. The molecule has 3 nitrogen and oxygen atoms in total. The van der Waals surface area contributed by atoms with E-state index >= 15 is 0 Å². The standard InChI is InChI=1S/C24H30O3/c1-20-7-5-9-13-11-12-14(21(13,2)19(25)26-4)10-6-8-23-16(10)18(12)22(3,17(11)15(9)20)24(20,23)27-23/h9-18H,5-8H2,1-4H3/t9-,10+,11-,12+,13+,14-,15-,16+,17-,18-,20+,21-,22+,23+,24+/m0/s1. The topological polar surface area (TPSA) is 38.8 Å². The van der Waals surface area contributed by atoms with E-state index in [2.05, 4.69) is 20.8 Å². The number of ether oxygens (including phenoxy) is 2. The summed E-state index contributed by atoms with van der Waals surface area (Å²) < 4.78 is 12.7. The van der Waals surface area contributed by atoms with Crippen LogP contribution in [0, 0.1) is 75.4 Å². The third-order valence-electron chi connectivity index (χ3n) is 13.7. The Bertz CT molecular complexity index is 898. The quantitative estimate of drug-likeness (QED) is 0.526. The highest BCUT2D eigenvalue weighted by atomic mass is 16.6. The number of esters is 1. The fourth-order valence-corrected chi connectivity index (χ4v) is 14.4. The summed E-state index contributed by atoms with van der Waals surface area (Å²) in [6.45, 7) is 7.67. The minimum Gasteiger partial charge on any atom is -0.469 e. The van der Waals surface area contributed by atoms with Crippen molar-refractivity contribution in [3.63, 3.8) is 0 Å². The molecule has 9 rings (SSSR count). The van der Waals surface area contributed by atoms with Gasteiger partial charge in [0.1, 0.15) is 11.2 Å². The van der Waals surface area contributed by atoms with E-state index in [1.807, 2.05) is 0 Å². The van der Waals surface area contributed by atoms with Crippen LogP contribution in [0.2, 0.25) is 0 Å². The molecule has 0 radical (unpaired) electrons. The fraction of sp³-hybridized carbons (Fsp3) is 0.958. The molecule has 9 fully saturated rings. The van der Waals surface area contributed by atoms with Gasteiger partial charge in [0.2, 0.25) is 0 Å². The summed E-state index contributed by atoms with van der Waals surface area (Å²) in [6, 6.07) is 0. The summed E-state index contributed by atoms with van der Waals surface area (Å²) in [7, 11) is 1.64. The summed E-state index contributed by atoms with van der Waals surface area (Å²) in [5.74, 6) is 7.59. The predicted octanol–water partition coefficient (Wildman–Crippen LogP) is 3.52. The van der Waals surface area contributed by atoms with Crippen molar-refractivity contribution >= 4 is 5.97 Å². The molecule has 0 aromatic carbocycles. The molecule has 144 valence electrons. The Morgan fingerprint density at radius 1 is 0.889 bits per heavy atom. The Morgan fingerprint density at radius 2 is 1.52 bits per heavy atom. The van der Waals surface area contributed by atoms with Gasteiger partial charge in [0.25, 0.3) is 0 Å². The van der Waals surface area contributed by atoms with Crippen molar-refractivity contribution in [2.75, 3.05) is 7.11 Å². The van der Waals surface area contributed by atoms with E-state index in [1.165, 1.54) is 25.7 Å². The zero-order valence-electron chi connectivity index (χ0n) is 16.8. The van der Waals surface area contributed by atoms with Crippen molar-refractivity contribution in [3.05, 3.63) is 0 Å². The molecule has 1 heterocycles. The Kier molecular flexibility index (Phi) is 1.73. The monoisotopic (exact) mass is 366 g/mol. The van der Waals surface area contributed by atoms with E-state index in [0.717, 1.165) is 47.3 Å². The highest BCUT2D eigenvalue weighted by molar-refractivity contribution is 5.79. The second-order valence-electron chi connectivity index (χ2n) is 12.9. The molecular weight excluding hydrogens is 336 g/mol. The van der Waals surface area contributed by atoms with Crippen LogP contribution >= 0.6 is 0 Å². The number of methoxy groups -OCH3 is 1. The first kappa shape index (κ1) is 14.4. The van der Waals surface area contributed by atoms with Crippen molar-refractivity contribution in [2.24, 2.45) is 75.4 Å². The van der Waals surface area contributed by atoms with Crippen molar-refractivity contribution in [1.29, 1.82) is 0 Å². The average Bonchev–Trinajstić information content (AvgIpc) is 3.21. The molecule has 8 aliphatic carbocycles. The van der Waals surface area contributed by atoms with Gasteiger partial charge >= 0.3 is 5.97 Å². The van der Waals surface area contributed by atoms with Gasteiger partial charge in [-0.3, -0.25) is 4.79 Å². The first-order valence-corrected chi connectivity index (χ1v) is 11.6. The van der Waals surface area contributed by atoms with Crippen LogP contribution in [0.3, 0.4) is 0 Å². The lowest BCUT2D eigenvalue weighted by Gasteiger charge is -2.41. The largest absolute Gasteiger partial charge is 0.469 e. The molecule has 0 N–H and O–H groups in total. The highest BCUT2D eigenvalue weighted by Gasteiger charge is 3.06. The molecule has 9 aliphatic rings. The molecule has 3 heteroatoms. The van der Waals surface area contributed by atoms with Gasteiger partial charge < -0.3 is 9.47 Å². The molecule has 0 aromatic heterocycles. The molecule has 27 heavy (non-hydrogen) atoms. The maximum atomic E-state index is 13.4. The summed E-state index contributed by atoms with van der Waals surface area (Å²) in [5.41, 5.74) is 0.961. The van der Waals surface area contributed by atoms with Crippen molar-refractivity contribution in [2.45, 2.75) is 57.7 Å². The zero-order chi connectivity index (χ0) is 18.1. The molecule has 0 bridgehead atoms. The molecule has 1 aliphatic heterocycles. The van der Waals surface area contributed by atoms with Crippen molar-refractivity contribution < 1.29 is 14.3 Å². The predicted molar refractivity (Wildman–Crippen MR) is 96.3 cm³/mol. The minimum atomic E-state index is -0.232. The number of fused-ring (bicyclic) bond motifs is 2. The lowest BCUT2D eigenvalue weighted by atomic mass is 9.60. The van der Waals surface area contributed by atoms with Crippen molar-refractivity contribution in [3.8, 4) is 0 Å². The van der Waals surface area contributed by atoms with Gasteiger partial charge in [-0.2, -0.15) is 0 Å². The number of rotatable bonds is 1. The van der Waals surface area contributed by atoms with Gasteiger partial charge in [-0.1, -0.05) is 13.8 Å². The maximum Gasteiger partial charge on any atom is 0.312 e. The van der Waals surface area contributed by atoms with Gasteiger partial charge in [0.05, 0.1) is 12.5 Å². The third-order valence-corrected chi connectivity index (χ3v) is 13.7. The summed E-state index contributed by atoms with van der Waals surface area (Å²) in [4.78, 5) is 13.4. The lowest BCUT2D eigenvalue weighted by Crippen LogP contribution is -2.48. The summed E-state index contributed by atoms with van der Waals surface area (Å²) >= 11 is 0. The SMILES string of the molecule is COC(=O)[C@@]1(C)[C@@H]2[C@@H]3CC[C@]4(C)[C@@H]3[C@@H]3[C@H]2[C@@H]2[C@@H]1[C@H]1CC[C@]56O[C@@]45[C@@]3(C)[C@@H]2[C@@H]16. The van der Waals surface area contributed by atoms with Crippen LogP contribution in [0.5, 0.6) is 0 Å². The molecule has 0 aromatic rings. The maximum absolute atomic E-state index is 13.4. The zero-order valence-corrected chi connectivity index (χ0v) is 16.8. The number of hydrogen-bond donors (Lipinski definition) is 0. The third kappa shape index (κ3) is 0.821. The Balaban J connectivity index is 1.43. The Morgan fingerprint density at radius 3 is 2.22 bits per heavy atom. The molecule has 2 spiro atoms. The number of epoxide rings is 1. The van der Waals surface area contributed by atoms with Gasteiger partial charge in [0.15, 0.2) is 0 Å². The van der Waals surface area contributed by atoms with Crippen molar-refractivity contribution in [1.82, 2.24) is 0 Å². The Hall–Kier alpha value is -0.570. The average molecular weight is 367 g/mol. The van der Waals surface area contributed by atoms with Crippen LogP contribution in [0.15, 0.2) is 0 Å². The van der Waals surface area contributed by atoms with Gasteiger partial charge in [-0.15, -0.1) is 0 Å². The van der Waals surface area contributed by atoms with Crippen LogP contribution in [0.25, 0.3) is 0 Å². The molecular formula is C24H30O3. The first-order valence-electron chi connectivity index (χ1n) is 11.6. The molecule has 8 saturated carbocycles. The minimum absolute atomic E-state index is 0.131. The second kappa shape index (κ2) is 3.24. The van der Waals surface area contributed by atoms with E-state index < -0.39 is 0 Å². The van der Waals surface area contributed by atoms with E-state index in [9.17, 15) is 4.79 Å². The lowest BCUT2D eigenvalue weighted by molar-refractivity contribution is -0.160. The normalized spacial score (nSPS) is 81.5. The molecule has 0 amide bonds. The summed E-state index contributed by atoms with van der Waals surface area (Å²) in [6.07, 6.45) is 5.27. The van der Waals surface area contributed by atoms with E-state index in [0.29, 0.717) is 22.7 Å². The van der Waals surface area contributed by atoms with E-state index in [1.54, 1.807) is 7.11 Å². The van der Waals surface area contributed by atoms with E-state index in [-0.39, 0.29) is 22.6 Å². The number of hydrogen-bond acceptors (Lipinski definition) is 3. The molecule has 0 unspecified atom stereocenters. The van der Waals surface area contributed by atoms with Crippen LogP contribution in [-0.4, -0.2) is 24.3 Å². The van der Waals surface area contributed by atoms with Gasteiger partial charge in [-0.25, -0.2) is 0 Å². The second-order valence-corrected chi connectivity index (χ2v) is 12.9. The van der Waals surface area contributed by atoms with Gasteiger partial charge in [0, 0.05) is 10.8 Å². The van der Waals surface area contributed by atoms with Crippen LogP contribution in [0.1, 0.15) is 46.5 Å². The number of carbonyl (C=O) groups excluding carboxylic acids is 1. The molecule has 15 atom stereocenters. The highest BCUT2D eigenvalue weighted by Crippen LogP contribution is 3.02. The summed E-state index contributed by atoms with van der Waals surface area (Å²) in [5, 5.41) is 0. The van der Waals surface area contributed by atoms with Crippen LogP contribution in [0.4, 0.5) is 0 Å². The fourth-order valence-electron chi connectivity index (χ4n) is 14.4. The Labute approximate surface area is 160 Å². The van der Waals surface area contributed by atoms with Crippen LogP contribution in [-0.2, 0) is 14.3 Å². The first-order chi connectivity index (χ1) is 12.9. The van der Waals surface area contributed by atoms with E-state index in [4.69, 9.17) is 9.47 Å².